The largest absolute Gasteiger partial charge is 0.545 e. The van der Waals surface area contributed by atoms with E-state index in [9.17, 15) is 29.4 Å². The molecule has 0 aliphatic heterocycles. The molecule has 0 amide bonds. The smallest absolute Gasteiger partial charge is 0.336 e. The van der Waals surface area contributed by atoms with Gasteiger partial charge in [0.1, 0.15) is 11.5 Å². The molecule has 8 nitrogen and oxygen atoms in total. The standard InChI is InChI=1S/2C11H10O4.2C4H9.Sn/c2*1-8-2-4-9(5-3-8)15-11(14)7-6-10(12)13;2*1-3-4-2;/h2*2-7H,1H3,(H,12,13);2*1,3-4H2,2H3;/q;;;;+2/p-2/b2*7-6-;;;. The topological polar surface area (TPSA) is 133 Å². The Morgan fingerprint density at radius 3 is 1.26 bits per heavy atom. The second-order valence-electron chi connectivity index (χ2n) is 8.23. The quantitative estimate of drug-likeness (QED) is 0.113. The summed E-state index contributed by atoms with van der Waals surface area (Å²) in [6.45, 7) is 8.39. The normalized spacial score (nSPS) is 9.95. The molecule has 0 N–H and O–H groups in total. The summed E-state index contributed by atoms with van der Waals surface area (Å²) in [5, 5.41) is 20.0. The SMILES string of the molecule is CCC[CH2][Sn+2][CH2]CCC.Cc1ccc(OC(=O)/C=C\C(=O)[O-])cc1.Cc1ccc(OC(=O)/C=C\C(=O)[O-])cc1. The van der Waals surface area contributed by atoms with Gasteiger partial charge in [-0.1, -0.05) is 35.4 Å². The molecule has 0 spiro atoms. The van der Waals surface area contributed by atoms with Crippen LogP contribution < -0.4 is 19.7 Å². The Hall–Kier alpha value is -3.40. The van der Waals surface area contributed by atoms with E-state index in [2.05, 4.69) is 13.8 Å². The van der Waals surface area contributed by atoms with Gasteiger partial charge in [-0.2, -0.15) is 0 Å². The fraction of sp³-hybridized carbons (Fsp3) is 0.333. The van der Waals surface area contributed by atoms with Gasteiger partial charge in [-0.05, 0) is 50.3 Å². The van der Waals surface area contributed by atoms with E-state index in [0.29, 0.717) is 23.7 Å². The third-order valence-corrected chi connectivity index (χ3v) is 8.64. The van der Waals surface area contributed by atoms with E-state index >= 15 is 0 Å². The summed E-state index contributed by atoms with van der Waals surface area (Å²) in [5.74, 6) is -3.62. The van der Waals surface area contributed by atoms with Crippen LogP contribution in [0.15, 0.2) is 72.8 Å². The molecule has 0 saturated heterocycles. The van der Waals surface area contributed by atoms with Crippen LogP contribution >= 0.6 is 0 Å². The number of benzene rings is 2. The van der Waals surface area contributed by atoms with Gasteiger partial charge in [-0.15, -0.1) is 0 Å². The van der Waals surface area contributed by atoms with Crippen molar-refractivity contribution < 1.29 is 38.9 Å². The number of carbonyl (C=O) groups is 4. The van der Waals surface area contributed by atoms with Gasteiger partial charge < -0.3 is 29.3 Å². The van der Waals surface area contributed by atoms with Crippen molar-refractivity contribution in [2.24, 2.45) is 0 Å². The molecular weight excluding hydrogens is 607 g/mol. The summed E-state index contributed by atoms with van der Waals surface area (Å²) in [5.41, 5.74) is 2.08. The number of aryl methyl sites for hydroxylation is 2. The number of hydrogen-bond acceptors (Lipinski definition) is 8. The van der Waals surface area contributed by atoms with Gasteiger partial charge in [0.2, 0.25) is 0 Å². The maximum Gasteiger partial charge on any atom is 0.336 e. The molecule has 9 heteroatoms. The third-order valence-electron chi connectivity index (χ3n) is 4.60. The van der Waals surface area contributed by atoms with E-state index in [4.69, 9.17) is 9.47 Å². The average molecular weight is 643 g/mol. The third kappa shape index (κ3) is 22.3. The zero-order valence-electron chi connectivity index (χ0n) is 22.9. The Morgan fingerprint density at radius 1 is 0.641 bits per heavy atom. The fourth-order valence-corrected chi connectivity index (χ4v) is 6.67. The summed E-state index contributed by atoms with van der Waals surface area (Å²) in [7, 11) is 0. The number of aliphatic carboxylic acids is 2. The predicted molar refractivity (Wildman–Crippen MR) is 147 cm³/mol. The first-order valence-corrected chi connectivity index (χ1v) is 16.7. The zero-order valence-corrected chi connectivity index (χ0v) is 25.8. The van der Waals surface area contributed by atoms with E-state index in [-0.39, 0.29) is 21.1 Å². The molecule has 0 heterocycles. The van der Waals surface area contributed by atoms with Gasteiger partial charge in [0.25, 0.3) is 0 Å². The Bertz CT molecular complexity index is 972. The maximum atomic E-state index is 11.0. The number of carboxylic acids is 2. The van der Waals surface area contributed by atoms with Gasteiger partial charge in [-0.25, -0.2) is 9.59 Å². The summed E-state index contributed by atoms with van der Waals surface area (Å²) < 4.78 is 12.9. The van der Waals surface area contributed by atoms with Crippen molar-refractivity contribution in [3.8, 4) is 11.5 Å². The summed E-state index contributed by atoms with van der Waals surface area (Å²) >= 11 is 0.149. The van der Waals surface area contributed by atoms with Crippen molar-refractivity contribution in [1.82, 2.24) is 0 Å². The van der Waals surface area contributed by atoms with Crippen molar-refractivity contribution in [1.29, 1.82) is 0 Å². The molecule has 2 rings (SSSR count). The number of unbranched alkanes of at least 4 members (excludes halogenated alkanes) is 2. The summed E-state index contributed by atoms with van der Waals surface area (Å²) in [6, 6.07) is 13.6. The molecule has 2 aromatic rings. The molecule has 0 aromatic heterocycles. The first-order chi connectivity index (χ1) is 18.6. The molecule has 39 heavy (non-hydrogen) atoms. The minimum Gasteiger partial charge on any atom is -0.545 e. The molecule has 0 radical (unpaired) electrons. The second-order valence-corrected chi connectivity index (χ2v) is 12.5. The van der Waals surface area contributed by atoms with E-state index in [1.54, 1.807) is 57.4 Å². The van der Waals surface area contributed by atoms with Crippen LogP contribution in [0.1, 0.15) is 50.7 Å². The minimum atomic E-state index is -1.43. The number of esters is 2. The molecule has 0 saturated carbocycles. The molecular formula is C30H36O8Sn. The number of ether oxygens (including phenoxy) is 2. The van der Waals surface area contributed by atoms with Crippen LogP contribution in [0.25, 0.3) is 0 Å². The van der Waals surface area contributed by atoms with Crippen molar-refractivity contribution >= 4 is 45.0 Å². The van der Waals surface area contributed by atoms with Crippen LogP contribution in [-0.4, -0.2) is 45.0 Å². The van der Waals surface area contributed by atoms with Crippen molar-refractivity contribution in [2.75, 3.05) is 0 Å². The Labute approximate surface area is 240 Å². The molecule has 0 bridgehead atoms. The Morgan fingerprint density at radius 2 is 0.974 bits per heavy atom. The van der Waals surface area contributed by atoms with Crippen LogP contribution in [-0.2, 0) is 19.2 Å². The van der Waals surface area contributed by atoms with Gasteiger partial charge in [0.15, 0.2) is 0 Å². The molecule has 2 aromatic carbocycles. The number of carboxylic acid groups (broad SMARTS) is 2. The second kappa shape index (κ2) is 22.6. The summed E-state index contributed by atoms with van der Waals surface area (Å²) in [4.78, 5) is 42.0. The zero-order chi connectivity index (χ0) is 29.5. The van der Waals surface area contributed by atoms with Gasteiger partial charge in [0.05, 0.1) is 11.9 Å². The van der Waals surface area contributed by atoms with Crippen LogP contribution in [0.4, 0.5) is 0 Å². The average Bonchev–Trinajstić information content (AvgIpc) is 2.90. The van der Waals surface area contributed by atoms with Crippen LogP contribution in [0.2, 0.25) is 8.87 Å². The first-order valence-electron chi connectivity index (χ1n) is 12.6. The van der Waals surface area contributed by atoms with Crippen molar-refractivity contribution in [2.45, 2.75) is 62.3 Å². The molecule has 0 fully saturated rings. The number of carbonyl (C=O) groups excluding carboxylic acids is 4. The van der Waals surface area contributed by atoms with Crippen molar-refractivity contribution in [3.05, 3.63) is 84.0 Å². The van der Waals surface area contributed by atoms with Gasteiger partial charge >= 0.3 is 81.5 Å². The van der Waals surface area contributed by atoms with Crippen LogP contribution in [0.5, 0.6) is 11.5 Å². The number of rotatable bonds is 12. The first kappa shape index (κ1) is 35.6. The van der Waals surface area contributed by atoms with Crippen LogP contribution in [0, 0.1) is 13.8 Å². The summed E-state index contributed by atoms with van der Waals surface area (Å²) in [6.07, 6.45) is 8.68. The fourth-order valence-electron chi connectivity index (χ4n) is 2.51. The van der Waals surface area contributed by atoms with Crippen molar-refractivity contribution in [3.63, 3.8) is 0 Å². The Kier molecular flexibility index (Phi) is 20.6. The minimum absolute atomic E-state index is 0.149. The van der Waals surface area contributed by atoms with Crippen LogP contribution in [0.3, 0.4) is 0 Å². The maximum absolute atomic E-state index is 11.0. The molecule has 0 atom stereocenters. The Balaban J connectivity index is 0.000000576. The number of hydrogen-bond donors (Lipinski definition) is 0. The van der Waals surface area contributed by atoms with E-state index in [0.717, 1.165) is 23.3 Å². The molecule has 208 valence electrons. The van der Waals surface area contributed by atoms with E-state index < -0.39 is 23.9 Å². The molecule has 0 unspecified atom stereocenters. The van der Waals surface area contributed by atoms with Gasteiger partial charge in [-0.3, -0.25) is 0 Å². The van der Waals surface area contributed by atoms with E-state index in [1.165, 1.54) is 25.7 Å². The monoisotopic (exact) mass is 644 g/mol. The predicted octanol–water partition coefficient (Wildman–Crippen LogP) is 3.54. The molecule has 0 aliphatic carbocycles. The van der Waals surface area contributed by atoms with Gasteiger partial charge in [0, 0.05) is 12.2 Å². The molecule has 0 aliphatic rings. The van der Waals surface area contributed by atoms with E-state index in [1.807, 2.05) is 13.8 Å².